The number of hydrogen-bond acceptors (Lipinski definition) is 2. The maximum absolute atomic E-state index is 9.27. The van der Waals surface area contributed by atoms with Crippen LogP contribution in [0.3, 0.4) is 0 Å². The van der Waals surface area contributed by atoms with Crippen molar-refractivity contribution in [2.75, 3.05) is 0 Å². The fourth-order valence-electron chi connectivity index (χ4n) is 0. The van der Waals surface area contributed by atoms with E-state index in [9.17, 15) is 4.57 Å². The van der Waals surface area contributed by atoms with Crippen molar-refractivity contribution < 1.29 is 13.8 Å². The van der Waals surface area contributed by atoms with Gasteiger partial charge in [-0.3, -0.25) is 0 Å². The van der Waals surface area contributed by atoms with Crippen LogP contribution in [0.5, 0.6) is 0 Å². The van der Waals surface area contributed by atoms with E-state index < -0.39 is 8.25 Å². The normalized spacial score (nSPS) is 11.2. The van der Waals surface area contributed by atoms with E-state index in [4.69, 9.17) is 4.89 Å². The predicted octanol–water partition coefficient (Wildman–Crippen LogP) is 0.443. The lowest BCUT2D eigenvalue weighted by Gasteiger charge is -1.55. The topological polar surface area (TPSA) is 46.5 Å². The van der Waals surface area contributed by atoms with E-state index >= 15 is 0 Å². The Morgan fingerprint density at radius 3 is 2.20 bits per heavy atom. The van der Waals surface area contributed by atoms with E-state index in [1.54, 1.807) is 9.47 Å². The summed E-state index contributed by atoms with van der Waals surface area (Å²) in [5, 5.41) is 0. The van der Waals surface area contributed by atoms with Crippen molar-refractivity contribution in [1.82, 2.24) is 0 Å². The zero-order chi connectivity index (χ0) is 4.28. The molecule has 2 atom stereocenters. The van der Waals surface area contributed by atoms with Crippen molar-refractivity contribution in [2.24, 2.45) is 0 Å². The summed E-state index contributed by atoms with van der Waals surface area (Å²) in [6.45, 7) is 0. The van der Waals surface area contributed by atoms with E-state index in [0.717, 1.165) is 0 Å². The maximum Gasteiger partial charge on any atom is 0.697 e. The molecule has 2 unspecified atom stereocenters. The lowest BCUT2D eigenvalue weighted by molar-refractivity contribution is 0.432. The van der Waals surface area contributed by atoms with Gasteiger partial charge in [0.15, 0.2) is 0 Å². The van der Waals surface area contributed by atoms with E-state index in [1.807, 2.05) is 0 Å². The first-order valence-electron chi connectivity index (χ1n) is 0.801. The summed E-state index contributed by atoms with van der Waals surface area (Å²) >= 11 is 0. The summed E-state index contributed by atoms with van der Waals surface area (Å²) in [6.07, 6.45) is 0. The molecule has 0 bridgehead atoms. The van der Waals surface area contributed by atoms with Crippen LogP contribution < -0.4 is 0 Å². The minimum Gasteiger partial charge on any atom is -0.133 e. The zero-order valence-corrected chi connectivity index (χ0v) is 4.34. The van der Waals surface area contributed by atoms with Gasteiger partial charge in [-0.1, -0.05) is 0 Å². The van der Waals surface area contributed by atoms with E-state index in [-0.39, 0.29) is 0 Å². The highest BCUT2D eigenvalue weighted by molar-refractivity contribution is 7.39. The van der Waals surface area contributed by atoms with Crippen LogP contribution in [0.15, 0.2) is 0 Å². The van der Waals surface area contributed by atoms with Gasteiger partial charge in [-0.15, -0.1) is 9.20 Å². The van der Waals surface area contributed by atoms with Crippen LogP contribution in [0.1, 0.15) is 0 Å². The molecule has 0 aliphatic carbocycles. The molecule has 0 aromatic rings. The lowest BCUT2D eigenvalue weighted by Crippen LogP contribution is -1.44. The molecule has 0 aromatic heterocycles. The molecular formula is H3O3P2+. The molecule has 5 heteroatoms. The quantitative estimate of drug-likeness (QED) is 0.502. The third kappa shape index (κ3) is 4.45. The van der Waals surface area contributed by atoms with Crippen LogP contribution in [0.25, 0.3) is 0 Å². The van der Waals surface area contributed by atoms with Crippen LogP contribution in [0.4, 0.5) is 0 Å². The highest BCUT2D eigenvalue weighted by atomic mass is 31.2. The summed E-state index contributed by atoms with van der Waals surface area (Å²) in [4.78, 5) is 7.63. The average Bonchev–Trinajstić information content (AvgIpc) is 1.38. The molecule has 0 aliphatic heterocycles. The molecule has 0 amide bonds. The molecule has 0 spiro atoms. The van der Waals surface area contributed by atoms with Crippen LogP contribution in [0.2, 0.25) is 0 Å². The van der Waals surface area contributed by atoms with Gasteiger partial charge in [0.1, 0.15) is 0 Å². The Kier molecular flexibility index (Phi) is 2.92. The van der Waals surface area contributed by atoms with Gasteiger partial charge in [-0.25, -0.2) is 0 Å². The molecule has 0 saturated heterocycles. The van der Waals surface area contributed by atoms with Gasteiger partial charge < -0.3 is 0 Å². The van der Waals surface area contributed by atoms with Crippen LogP contribution in [0, 0.1) is 0 Å². The molecule has 0 heterocycles. The largest absolute Gasteiger partial charge is 0.697 e. The molecule has 0 saturated carbocycles. The summed E-state index contributed by atoms with van der Waals surface area (Å²) in [5.74, 6) is 0. The minimum absolute atomic E-state index is 1.66. The molecule has 0 fully saturated rings. The Morgan fingerprint density at radius 2 is 2.20 bits per heavy atom. The smallest absolute Gasteiger partial charge is 0.133 e. The fourth-order valence-corrected chi connectivity index (χ4v) is 0. The summed E-state index contributed by atoms with van der Waals surface area (Å²) in [7, 11) is -0.725. The van der Waals surface area contributed by atoms with Crippen LogP contribution >= 0.6 is 17.7 Å². The first-order chi connectivity index (χ1) is 2.27. The second kappa shape index (κ2) is 2.67. The Bertz CT molecular complexity index is 40.2. The fraction of sp³-hybridized carbons (Fsp3) is 0. The van der Waals surface area contributed by atoms with Crippen molar-refractivity contribution in [1.29, 1.82) is 0 Å². The molecule has 0 rings (SSSR count). The highest BCUT2D eigenvalue weighted by Crippen LogP contribution is 2.17. The Balaban J connectivity index is 2.85. The highest BCUT2D eigenvalue weighted by Gasteiger charge is 2.03. The van der Waals surface area contributed by atoms with Crippen LogP contribution in [-0.4, -0.2) is 4.89 Å². The minimum atomic E-state index is -2.39. The second-order valence-corrected chi connectivity index (χ2v) is 1.66. The third-order valence-corrected chi connectivity index (χ3v) is 0.812. The monoisotopic (exact) mass is 113 g/mol. The Morgan fingerprint density at radius 1 is 2.00 bits per heavy atom. The lowest BCUT2D eigenvalue weighted by atomic mass is 15.8. The third-order valence-electron chi connectivity index (χ3n) is 0.0902. The Hall–Kier alpha value is 0.450. The molecule has 3 nitrogen and oxygen atoms in total. The van der Waals surface area contributed by atoms with Crippen molar-refractivity contribution in [2.45, 2.75) is 0 Å². The standard InChI is InChI=1S/H2O3P2/c1-5(2)3-4/h4H2/p+1. The van der Waals surface area contributed by atoms with Crippen LogP contribution in [-0.2, 0) is 8.88 Å². The first kappa shape index (κ1) is 5.45. The van der Waals surface area contributed by atoms with Crippen molar-refractivity contribution >= 4 is 17.7 Å². The Labute approximate surface area is 32.6 Å². The molecule has 1 N–H and O–H groups in total. The van der Waals surface area contributed by atoms with Gasteiger partial charge >= 0.3 is 8.25 Å². The SMILES string of the molecule is O=[P+](O)OP. The van der Waals surface area contributed by atoms with Gasteiger partial charge in [0.25, 0.3) is 0 Å². The van der Waals surface area contributed by atoms with Crippen molar-refractivity contribution in [3.8, 4) is 0 Å². The average molecular weight is 113 g/mol. The van der Waals surface area contributed by atoms with Crippen molar-refractivity contribution in [3.05, 3.63) is 0 Å². The molecular weight excluding hydrogens is 110 g/mol. The van der Waals surface area contributed by atoms with Crippen molar-refractivity contribution in [3.63, 3.8) is 0 Å². The summed E-state index contributed by atoms with van der Waals surface area (Å²) < 4.78 is 13.0. The molecule has 5 heavy (non-hydrogen) atoms. The summed E-state index contributed by atoms with van der Waals surface area (Å²) in [6, 6.07) is 0. The van der Waals surface area contributed by atoms with Gasteiger partial charge in [-0.2, -0.15) is 0 Å². The van der Waals surface area contributed by atoms with Gasteiger partial charge in [0, 0.05) is 4.57 Å². The van der Waals surface area contributed by atoms with E-state index in [1.165, 1.54) is 0 Å². The molecule has 30 valence electrons. The number of hydrogen-bond donors (Lipinski definition) is 1. The van der Waals surface area contributed by atoms with E-state index in [2.05, 4.69) is 4.31 Å². The summed E-state index contributed by atoms with van der Waals surface area (Å²) in [5.41, 5.74) is 0. The van der Waals surface area contributed by atoms with E-state index in [0.29, 0.717) is 0 Å². The number of rotatable bonds is 1. The molecule has 0 aromatic carbocycles. The van der Waals surface area contributed by atoms with Gasteiger partial charge in [0.05, 0.1) is 9.47 Å². The first-order valence-corrected chi connectivity index (χ1v) is 2.40. The zero-order valence-electron chi connectivity index (χ0n) is 2.29. The predicted molar refractivity (Wildman–Crippen MR) is 20.6 cm³/mol. The second-order valence-electron chi connectivity index (χ2n) is 0.343. The maximum atomic E-state index is 9.27. The molecule has 0 aliphatic rings. The van der Waals surface area contributed by atoms with Gasteiger partial charge in [-0.05, 0) is 0 Å². The van der Waals surface area contributed by atoms with Gasteiger partial charge in [0.2, 0.25) is 0 Å². The molecule has 0 radical (unpaired) electrons.